The Labute approximate surface area is 327 Å². The molecule has 0 unspecified atom stereocenters. The SMILES string of the molecule is c1ccc(-c2cc(-c3ccccc3)cc(-c3cc(-c4ccc(-c5ccc6ccccc6c5)cc4)nc(-c4ccc(-c5ccc6ccccc6c5)cc4)n3)c2)cc1. The van der Waals surface area contributed by atoms with E-state index in [0.717, 1.165) is 55.9 Å². The monoisotopic (exact) mass is 712 g/mol. The molecule has 2 heteroatoms. The zero-order valence-corrected chi connectivity index (χ0v) is 30.7. The third-order valence-electron chi connectivity index (χ3n) is 10.7. The molecule has 0 bridgehead atoms. The van der Waals surface area contributed by atoms with Crippen LogP contribution in [-0.4, -0.2) is 9.97 Å². The zero-order chi connectivity index (χ0) is 37.3. The van der Waals surface area contributed by atoms with Crippen LogP contribution in [-0.2, 0) is 0 Å². The van der Waals surface area contributed by atoms with Crippen molar-refractivity contribution in [3.63, 3.8) is 0 Å². The summed E-state index contributed by atoms with van der Waals surface area (Å²) in [6, 6.07) is 77.7. The minimum Gasteiger partial charge on any atom is -0.228 e. The van der Waals surface area contributed by atoms with Crippen LogP contribution in [0.15, 0.2) is 218 Å². The smallest absolute Gasteiger partial charge is 0.160 e. The number of nitrogens with zero attached hydrogens (tertiary/aromatic N) is 2. The lowest BCUT2D eigenvalue weighted by Gasteiger charge is -2.14. The van der Waals surface area contributed by atoms with Crippen molar-refractivity contribution in [2.24, 2.45) is 0 Å². The van der Waals surface area contributed by atoms with Crippen LogP contribution in [0.25, 0.3) is 100.0 Å². The molecule has 0 fully saturated rings. The number of hydrogen-bond donors (Lipinski definition) is 0. The van der Waals surface area contributed by atoms with Crippen LogP contribution in [0.1, 0.15) is 0 Å². The van der Waals surface area contributed by atoms with E-state index < -0.39 is 0 Å². The highest BCUT2D eigenvalue weighted by molar-refractivity contribution is 5.89. The van der Waals surface area contributed by atoms with E-state index in [2.05, 4.69) is 218 Å². The fraction of sp³-hybridized carbons (Fsp3) is 0. The van der Waals surface area contributed by atoms with Gasteiger partial charge in [0.1, 0.15) is 0 Å². The Morgan fingerprint density at radius 2 is 0.554 bits per heavy atom. The highest BCUT2D eigenvalue weighted by Crippen LogP contribution is 2.36. The van der Waals surface area contributed by atoms with Gasteiger partial charge in [-0.1, -0.05) is 182 Å². The lowest BCUT2D eigenvalue weighted by Crippen LogP contribution is -1.97. The van der Waals surface area contributed by atoms with E-state index in [9.17, 15) is 0 Å². The fourth-order valence-corrected chi connectivity index (χ4v) is 7.63. The summed E-state index contributed by atoms with van der Waals surface area (Å²) in [5.74, 6) is 0.688. The van der Waals surface area contributed by atoms with Crippen LogP contribution >= 0.6 is 0 Å². The highest BCUT2D eigenvalue weighted by atomic mass is 14.9. The fourth-order valence-electron chi connectivity index (χ4n) is 7.63. The molecule has 0 atom stereocenters. The molecule has 0 amide bonds. The van der Waals surface area contributed by atoms with E-state index in [0.29, 0.717) is 5.82 Å². The molecular weight excluding hydrogens is 677 g/mol. The predicted molar refractivity (Wildman–Crippen MR) is 235 cm³/mol. The number of benzene rings is 9. The number of aromatic nitrogens is 2. The van der Waals surface area contributed by atoms with Gasteiger partial charge in [-0.25, -0.2) is 9.97 Å². The molecule has 0 aliphatic heterocycles. The Bertz CT molecular complexity index is 2790. The van der Waals surface area contributed by atoms with Crippen molar-refractivity contribution < 1.29 is 0 Å². The van der Waals surface area contributed by atoms with Crippen LogP contribution in [0.5, 0.6) is 0 Å². The maximum atomic E-state index is 5.30. The lowest BCUT2D eigenvalue weighted by molar-refractivity contribution is 1.18. The molecule has 10 aromatic rings. The minimum atomic E-state index is 0.688. The van der Waals surface area contributed by atoms with Gasteiger partial charge in [-0.2, -0.15) is 0 Å². The highest BCUT2D eigenvalue weighted by Gasteiger charge is 2.14. The molecule has 0 aliphatic rings. The number of rotatable bonds is 7. The molecule has 0 saturated carbocycles. The Morgan fingerprint density at radius 1 is 0.196 bits per heavy atom. The summed E-state index contributed by atoms with van der Waals surface area (Å²) in [6.07, 6.45) is 0. The second kappa shape index (κ2) is 14.4. The predicted octanol–water partition coefficient (Wildman–Crippen LogP) is 14.5. The van der Waals surface area contributed by atoms with Crippen molar-refractivity contribution in [3.8, 4) is 78.4 Å². The van der Waals surface area contributed by atoms with E-state index in [1.807, 2.05) is 0 Å². The van der Waals surface area contributed by atoms with Gasteiger partial charge in [-0.3, -0.25) is 0 Å². The first-order chi connectivity index (χ1) is 27.7. The maximum absolute atomic E-state index is 5.30. The van der Waals surface area contributed by atoms with Gasteiger partial charge in [0.05, 0.1) is 11.4 Å². The third-order valence-corrected chi connectivity index (χ3v) is 10.7. The molecule has 0 radical (unpaired) electrons. The first kappa shape index (κ1) is 33.2. The lowest BCUT2D eigenvalue weighted by atomic mass is 9.94. The van der Waals surface area contributed by atoms with Crippen molar-refractivity contribution in [1.82, 2.24) is 9.97 Å². The largest absolute Gasteiger partial charge is 0.228 e. The van der Waals surface area contributed by atoms with E-state index >= 15 is 0 Å². The standard InChI is InChI=1S/C54H36N2/c1-3-11-37(12-4-1)49-33-50(38-13-5-2-6-14-38)35-51(34-49)53-36-52(43-25-19-41(20-26-43)47-29-23-39-15-7-9-17-45(39)31-47)55-54(56-53)44-27-21-42(22-28-44)48-30-24-40-16-8-10-18-46(40)32-48/h1-36H. The normalized spacial score (nSPS) is 11.2. The molecule has 56 heavy (non-hydrogen) atoms. The van der Waals surface area contributed by atoms with Crippen molar-refractivity contribution >= 4 is 21.5 Å². The summed E-state index contributed by atoms with van der Waals surface area (Å²) in [6.45, 7) is 0. The third kappa shape index (κ3) is 6.66. The average molecular weight is 713 g/mol. The first-order valence-corrected chi connectivity index (χ1v) is 19.0. The topological polar surface area (TPSA) is 25.8 Å². The van der Waals surface area contributed by atoms with Crippen molar-refractivity contribution in [2.45, 2.75) is 0 Å². The first-order valence-electron chi connectivity index (χ1n) is 19.0. The Hall–Kier alpha value is -7.42. The van der Waals surface area contributed by atoms with Crippen LogP contribution in [0, 0.1) is 0 Å². The maximum Gasteiger partial charge on any atom is 0.160 e. The zero-order valence-electron chi connectivity index (χ0n) is 30.7. The van der Waals surface area contributed by atoms with Gasteiger partial charge in [0.25, 0.3) is 0 Å². The van der Waals surface area contributed by atoms with Crippen LogP contribution < -0.4 is 0 Å². The molecule has 262 valence electrons. The summed E-state index contributed by atoms with van der Waals surface area (Å²) in [5.41, 5.74) is 14.1. The molecule has 1 heterocycles. The van der Waals surface area contributed by atoms with Gasteiger partial charge in [0.15, 0.2) is 5.82 Å². The van der Waals surface area contributed by atoms with Gasteiger partial charge in [0.2, 0.25) is 0 Å². The second-order valence-electron chi connectivity index (χ2n) is 14.3. The minimum absolute atomic E-state index is 0.688. The van der Waals surface area contributed by atoms with E-state index in [-0.39, 0.29) is 0 Å². The van der Waals surface area contributed by atoms with Crippen LogP contribution in [0.2, 0.25) is 0 Å². The molecule has 0 N–H and O–H groups in total. The molecule has 0 aliphatic carbocycles. The van der Waals surface area contributed by atoms with Gasteiger partial charge in [0, 0.05) is 16.7 Å². The molecule has 10 rings (SSSR count). The Morgan fingerprint density at radius 3 is 1.05 bits per heavy atom. The molecular formula is C54H36N2. The van der Waals surface area contributed by atoms with Gasteiger partial charge in [-0.05, 0) is 102 Å². The van der Waals surface area contributed by atoms with Gasteiger partial charge < -0.3 is 0 Å². The van der Waals surface area contributed by atoms with E-state index in [4.69, 9.17) is 9.97 Å². The summed E-state index contributed by atoms with van der Waals surface area (Å²) in [4.78, 5) is 10.5. The molecule has 0 spiro atoms. The van der Waals surface area contributed by atoms with Crippen molar-refractivity contribution in [1.29, 1.82) is 0 Å². The van der Waals surface area contributed by atoms with E-state index in [1.54, 1.807) is 0 Å². The van der Waals surface area contributed by atoms with Gasteiger partial charge in [-0.15, -0.1) is 0 Å². The van der Waals surface area contributed by atoms with Crippen LogP contribution in [0.3, 0.4) is 0 Å². The Kier molecular flexibility index (Phi) is 8.55. The van der Waals surface area contributed by atoms with Crippen molar-refractivity contribution in [2.75, 3.05) is 0 Å². The average Bonchev–Trinajstić information content (AvgIpc) is 3.29. The summed E-state index contributed by atoms with van der Waals surface area (Å²) < 4.78 is 0. The van der Waals surface area contributed by atoms with Gasteiger partial charge >= 0.3 is 0 Å². The molecule has 2 nitrogen and oxygen atoms in total. The quantitative estimate of drug-likeness (QED) is 0.164. The molecule has 9 aromatic carbocycles. The Balaban J connectivity index is 1.09. The van der Waals surface area contributed by atoms with E-state index in [1.165, 1.54) is 38.2 Å². The second-order valence-corrected chi connectivity index (χ2v) is 14.3. The molecule has 1 aromatic heterocycles. The summed E-state index contributed by atoms with van der Waals surface area (Å²) in [5, 5.41) is 4.95. The van der Waals surface area contributed by atoms with Crippen LogP contribution in [0.4, 0.5) is 0 Å². The number of hydrogen-bond acceptors (Lipinski definition) is 2. The number of fused-ring (bicyclic) bond motifs is 2. The molecule has 0 saturated heterocycles. The summed E-state index contributed by atoms with van der Waals surface area (Å²) in [7, 11) is 0. The summed E-state index contributed by atoms with van der Waals surface area (Å²) >= 11 is 0. The van der Waals surface area contributed by atoms with Crippen molar-refractivity contribution in [3.05, 3.63) is 218 Å².